The van der Waals surface area contributed by atoms with Gasteiger partial charge in [-0.25, -0.2) is 0 Å². The molecule has 1 aliphatic rings. The van der Waals surface area contributed by atoms with Crippen molar-refractivity contribution in [1.29, 1.82) is 0 Å². The maximum atomic E-state index is 12.1. The summed E-state index contributed by atoms with van der Waals surface area (Å²) in [4.78, 5) is 12.1. The van der Waals surface area contributed by atoms with Crippen LogP contribution in [0.3, 0.4) is 0 Å². The van der Waals surface area contributed by atoms with E-state index in [1.165, 1.54) is 24.6 Å². The van der Waals surface area contributed by atoms with E-state index in [0.29, 0.717) is 23.4 Å². The highest BCUT2D eigenvalue weighted by Gasteiger charge is 2.28. The minimum atomic E-state index is 0.00652. The molecule has 1 N–H and O–H groups in total. The molecule has 1 atom stereocenters. The standard InChI is InChI=1S/C16H21N5O2S/c1-3-23-14-7-5-4-6-13(14)21-16(18-19-20-21)24-10-15(22)17-11(2)12-8-9-12/h4-7,11-12H,3,8-10H2,1-2H3,(H,17,22). The summed E-state index contributed by atoms with van der Waals surface area (Å²) in [6.45, 7) is 4.54. The third-order valence-electron chi connectivity index (χ3n) is 3.88. The van der Waals surface area contributed by atoms with Gasteiger partial charge in [-0.05, 0) is 55.2 Å². The topological polar surface area (TPSA) is 81.9 Å². The number of carbonyl (C=O) groups is 1. The zero-order valence-electron chi connectivity index (χ0n) is 13.8. The van der Waals surface area contributed by atoms with E-state index in [1.807, 2.05) is 31.2 Å². The molecule has 0 saturated heterocycles. The number of benzene rings is 1. The zero-order chi connectivity index (χ0) is 16.9. The lowest BCUT2D eigenvalue weighted by molar-refractivity contribution is -0.119. The second-order valence-electron chi connectivity index (χ2n) is 5.76. The molecule has 7 nitrogen and oxygen atoms in total. The van der Waals surface area contributed by atoms with Crippen LogP contribution >= 0.6 is 11.8 Å². The van der Waals surface area contributed by atoms with Crippen LogP contribution in [0.15, 0.2) is 29.4 Å². The molecule has 3 rings (SSSR count). The van der Waals surface area contributed by atoms with Crippen LogP contribution in [-0.2, 0) is 4.79 Å². The summed E-state index contributed by atoms with van der Waals surface area (Å²) < 4.78 is 7.23. The lowest BCUT2D eigenvalue weighted by atomic mass is 10.2. The van der Waals surface area contributed by atoms with Crippen molar-refractivity contribution < 1.29 is 9.53 Å². The van der Waals surface area contributed by atoms with Crippen molar-refractivity contribution in [2.75, 3.05) is 12.4 Å². The molecule has 1 saturated carbocycles. The van der Waals surface area contributed by atoms with Crippen molar-refractivity contribution in [3.8, 4) is 11.4 Å². The van der Waals surface area contributed by atoms with Crippen LogP contribution in [0.5, 0.6) is 5.75 Å². The number of ether oxygens (including phenoxy) is 1. The van der Waals surface area contributed by atoms with Gasteiger partial charge in [-0.2, -0.15) is 4.68 Å². The number of aromatic nitrogens is 4. The van der Waals surface area contributed by atoms with Crippen molar-refractivity contribution in [1.82, 2.24) is 25.5 Å². The fourth-order valence-corrected chi connectivity index (χ4v) is 3.16. The number of rotatable bonds is 8. The molecule has 24 heavy (non-hydrogen) atoms. The normalized spacial score (nSPS) is 15.1. The number of nitrogens with one attached hydrogen (secondary N) is 1. The third-order valence-corrected chi connectivity index (χ3v) is 4.80. The third kappa shape index (κ3) is 4.05. The maximum absolute atomic E-state index is 12.1. The number of hydrogen-bond acceptors (Lipinski definition) is 6. The molecule has 8 heteroatoms. The van der Waals surface area contributed by atoms with Crippen molar-refractivity contribution in [3.05, 3.63) is 24.3 Å². The monoisotopic (exact) mass is 347 g/mol. The number of thioether (sulfide) groups is 1. The number of tetrazole rings is 1. The predicted octanol–water partition coefficient (Wildman–Crippen LogP) is 2.07. The van der Waals surface area contributed by atoms with Gasteiger partial charge in [0.1, 0.15) is 11.4 Å². The SMILES string of the molecule is CCOc1ccccc1-n1nnnc1SCC(=O)NC(C)C1CC1. The van der Waals surface area contributed by atoms with Crippen LogP contribution in [0.4, 0.5) is 0 Å². The Balaban J connectivity index is 1.66. The van der Waals surface area contributed by atoms with E-state index < -0.39 is 0 Å². The van der Waals surface area contributed by atoms with E-state index in [-0.39, 0.29) is 17.7 Å². The first-order valence-corrected chi connectivity index (χ1v) is 9.10. The second-order valence-corrected chi connectivity index (χ2v) is 6.70. The van der Waals surface area contributed by atoms with Crippen molar-refractivity contribution in [3.63, 3.8) is 0 Å². The average Bonchev–Trinajstić information content (AvgIpc) is 3.33. The molecule has 1 aliphatic carbocycles. The zero-order valence-corrected chi connectivity index (χ0v) is 14.6. The van der Waals surface area contributed by atoms with E-state index in [0.717, 1.165) is 5.69 Å². The van der Waals surface area contributed by atoms with Crippen LogP contribution in [0.1, 0.15) is 26.7 Å². The van der Waals surface area contributed by atoms with Gasteiger partial charge in [-0.1, -0.05) is 23.9 Å². The number of nitrogens with zero attached hydrogens (tertiary/aromatic N) is 4. The molecule has 0 spiro atoms. The molecule has 0 bridgehead atoms. The van der Waals surface area contributed by atoms with Gasteiger partial charge < -0.3 is 10.1 Å². The summed E-state index contributed by atoms with van der Waals surface area (Å²) in [6, 6.07) is 7.81. The molecule has 1 unspecified atom stereocenters. The number of carbonyl (C=O) groups excluding carboxylic acids is 1. The van der Waals surface area contributed by atoms with Crippen LogP contribution in [0, 0.1) is 5.92 Å². The van der Waals surface area contributed by atoms with Crippen molar-refractivity contribution >= 4 is 17.7 Å². The van der Waals surface area contributed by atoms with Crippen LogP contribution in [0.2, 0.25) is 0 Å². The van der Waals surface area contributed by atoms with E-state index >= 15 is 0 Å². The summed E-state index contributed by atoms with van der Waals surface area (Å²) >= 11 is 1.32. The Bertz CT molecular complexity index is 701. The smallest absolute Gasteiger partial charge is 0.230 e. The Morgan fingerprint density at radius 1 is 1.46 bits per heavy atom. The summed E-state index contributed by atoms with van der Waals surface area (Å²) in [6.07, 6.45) is 2.42. The Kier molecular flexibility index (Phi) is 5.34. The largest absolute Gasteiger partial charge is 0.492 e. The van der Waals surface area contributed by atoms with Crippen molar-refractivity contribution in [2.45, 2.75) is 37.9 Å². The molecular weight excluding hydrogens is 326 g/mol. The molecule has 128 valence electrons. The van der Waals surface area contributed by atoms with Gasteiger partial charge in [-0.3, -0.25) is 4.79 Å². The summed E-state index contributed by atoms with van der Waals surface area (Å²) in [5, 5.41) is 15.4. The molecule has 0 radical (unpaired) electrons. The molecular formula is C16H21N5O2S. The molecule has 1 heterocycles. The van der Waals surface area contributed by atoms with Gasteiger partial charge in [0.2, 0.25) is 11.1 Å². The Morgan fingerprint density at radius 2 is 2.25 bits per heavy atom. The van der Waals surface area contributed by atoms with Gasteiger partial charge in [0.15, 0.2) is 0 Å². The summed E-state index contributed by atoms with van der Waals surface area (Å²) in [5.74, 6) is 1.64. The van der Waals surface area contributed by atoms with E-state index in [1.54, 1.807) is 4.68 Å². The van der Waals surface area contributed by atoms with Gasteiger partial charge in [-0.15, -0.1) is 5.10 Å². The Hall–Kier alpha value is -2.09. The number of para-hydroxylation sites is 2. The molecule has 2 aromatic rings. The van der Waals surface area contributed by atoms with Gasteiger partial charge in [0.25, 0.3) is 0 Å². The van der Waals surface area contributed by atoms with Gasteiger partial charge in [0.05, 0.1) is 12.4 Å². The highest BCUT2D eigenvalue weighted by atomic mass is 32.2. The fraction of sp³-hybridized carbons (Fsp3) is 0.500. The highest BCUT2D eigenvalue weighted by molar-refractivity contribution is 7.99. The number of amides is 1. The average molecular weight is 347 g/mol. The Morgan fingerprint density at radius 3 is 3.00 bits per heavy atom. The second kappa shape index (κ2) is 7.65. The van der Waals surface area contributed by atoms with Gasteiger partial charge in [0, 0.05) is 6.04 Å². The van der Waals surface area contributed by atoms with E-state index in [2.05, 4.69) is 27.8 Å². The summed E-state index contributed by atoms with van der Waals surface area (Å²) in [7, 11) is 0. The predicted molar refractivity (Wildman–Crippen MR) is 91.4 cm³/mol. The van der Waals surface area contributed by atoms with E-state index in [9.17, 15) is 4.79 Å². The van der Waals surface area contributed by atoms with Gasteiger partial charge >= 0.3 is 0 Å². The molecule has 1 amide bonds. The molecule has 1 fully saturated rings. The van der Waals surface area contributed by atoms with E-state index in [4.69, 9.17) is 4.74 Å². The quantitative estimate of drug-likeness (QED) is 0.736. The first-order valence-electron chi connectivity index (χ1n) is 8.11. The lowest BCUT2D eigenvalue weighted by Crippen LogP contribution is -2.35. The van der Waals surface area contributed by atoms with Crippen molar-refractivity contribution in [2.24, 2.45) is 5.92 Å². The molecule has 1 aromatic heterocycles. The summed E-state index contributed by atoms with van der Waals surface area (Å²) in [5.41, 5.74) is 0.763. The molecule has 1 aromatic carbocycles. The minimum absolute atomic E-state index is 0.00652. The maximum Gasteiger partial charge on any atom is 0.230 e. The highest BCUT2D eigenvalue weighted by Crippen LogP contribution is 2.32. The van der Waals surface area contributed by atoms with Crippen LogP contribution < -0.4 is 10.1 Å². The first-order chi connectivity index (χ1) is 11.7. The first kappa shape index (κ1) is 16.8. The fourth-order valence-electron chi connectivity index (χ4n) is 2.47. The lowest BCUT2D eigenvalue weighted by Gasteiger charge is -2.13. The minimum Gasteiger partial charge on any atom is -0.492 e. The van der Waals surface area contributed by atoms with Crippen LogP contribution in [0.25, 0.3) is 5.69 Å². The number of hydrogen-bond donors (Lipinski definition) is 1. The molecule has 0 aliphatic heterocycles. The van der Waals surface area contributed by atoms with Crippen LogP contribution in [-0.4, -0.2) is 44.5 Å². The Labute approximate surface area is 145 Å².